The van der Waals surface area contributed by atoms with Crippen molar-refractivity contribution in [3.8, 4) is 5.75 Å². The van der Waals surface area contributed by atoms with Crippen LogP contribution in [0.5, 0.6) is 5.75 Å². The van der Waals surface area contributed by atoms with Gasteiger partial charge in [0.15, 0.2) is 5.75 Å². The number of alkyl halides is 2. The molecule has 118 valence electrons. The summed E-state index contributed by atoms with van der Waals surface area (Å²) in [5.74, 6) is -1.00. The Balaban J connectivity index is 2.29. The van der Waals surface area contributed by atoms with Crippen molar-refractivity contribution in [2.24, 2.45) is 0 Å². The van der Waals surface area contributed by atoms with Crippen LogP contribution in [0.2, 0.25) is 5.02 Å². The van der Waals surface area contributed by atoms with E-state index in [4.69, 9.17) is 23.8 Å². The predicted octanol–water partition coefficient (Wildman–Crippen LogP) is 3.01. The van der Waals surface area contributed by atoms with Crippen LogP contribution in [0, 0.1) is 0 Å². The molecule has 0 saturated carbocycles. The van der Waals surface area contributed by atoms with Crippen LogP contribution in [0.1, 0.15) is 6.42 Å². The van der Waals surface area contributed by atoms with Crippen molar-refractivity contribution in [2.45, 2.75) is 13.0 Å². The molecule has 0 fully saturated rings. The molecule has 0 radical (unpaired) electrons. The molecule has 0 aromatic heterocycles. The van der Waals surface area contributed by atoms with Gasteiger partial charge in [-0.3, -0.25) is 4.79 Å². The maximum Gasteiger partial charge on any atom is 0.387 e. The van der Waals surface area contributed by atoms with Crippen LogP contribution < -0.4 is 15.4 Å². The molecule has 1 aromatic rings. The van der Waals surface area contributed by atoms with Crippen LogP contribution in [0.4, 0.5) is 14.5 Å². The SMILES string of the molecule is O=C1NCCC(O)=C1C(=S)Nc1cccc(Cl)c1OC(F)F. The molecule has 22 heavy (non-hydrogen) atoms. The van der Waals surface area contributed by atoms with Gasteiger partial charge in [0.25, 0.3) is 5.91 Å². The molecule has 1 aliphatic rings. The minimum Gasteiger partial charge on any atom is -0.511 e. The normalized spacial score (nSPS) is 14.8. The molecule has 0 atom stereocenters. The number of carbonyl (C=O) groups excluding carboxylic acids is 1. The van der Waals surface area contributed by atoms with E-state index in [-0.39, 0.29) is 39.2 Å². The largest absolute Gasteiger partial charge is 0.511 e. The Morgan fingerprint density at radius 3 is 2.86 bits per heavy atom. The zero-order valence-corrected chi connectivity index (χ0v) is 12.6. The fourth-order valence-electron chi connectivity index (χ4n) is 1.87. The fraction of sp³-hybridized carbons (Fsp3) is 0.231. The number of carbonyl (C=O) groups is 1. The van der Waals surface area contributed by atoms with Gasteiger partial charge in [-0.1, -0.05) is 29.9 Å². The molecule has 0 spiro atoms. The van der Waals surface area contributed by atoms with Crippen molar-refractivity contribution in [3.05, 3.63) is 34.6 Å². The Morgan fingerprint density at radius 1 is 1.50 bits per heavy atom. The first-order chi connectivity index (χ1) is 10.4. The topological polar surface area (TPSA) is 70.6 Å². The first-order valence-electron chi connectivity index (χ1n) is 6.15. The van der Waals surface area contributed by atoms with E-state index in [1.54, 1.807) is 0 Å². The van der Waals surface area contributed by atoms with E-state index in [2.05, 4.69) is 15.4 Å². The summed E-state index contributed by atoms with van der Waals surface area (Å²) in [6.07, 6.45) is 0.235. The van der Waals surface area contributed by atoms with Gasteiger partial charge in [-0.05, 0) is 12.1 Å². The van der Waals surface area contributed by atoms with Crippen LogP contribution in [0.15, 0.2) is 29.5 Å². The number of amides is 1. The number of rotatable bonds is 4. The van der Waals surface area contributed by atoms with Crippen molar-refractivity contribution in [1.29, 1.82) is 0 Å². The van der Waals surface area contributed by atoms with Crippen LogP contribution in [-0.2, 0) is 4.79 Å². The molecule has 1 aliphatic heterocycles. The standard InChI is InChI=1S/C13H11ClF2N2O3S/c14-6-2-1-3-7(10(6)21-13(15)16)18-12(22)9-8(19)4-5-17-11(9)20/h1-3,13,19H,4-5H2,(H,17,20)(H,18,22). The lowest BCUT2D eigenvalue weighted by Crippen LogP contribution is -2.36. The molecule has 9 heteroatoms. The van der Waals surface area contributed by atoms with Gasteiger partial charge in [-0.2, -0.15) is 8.78 Å². The number of aliphatic hydroxyl groups excluding tert-OH is 1. The monoisotopic (exact) mass is 348 g/mol. The van der Waals surface area contributed by atoms with Gasteiger partial charge in [-0.25, -0.2) is 0 Å². The van der Waals surface area contributed by atoms with E-state index in [1.165, 1.54) is 18.2 Å². The zero-order valence-electron chi connectivity index (χ0n) is 11.0. The summed E-state index contributed by atoms with van der Waals surface area (Å²) in [5, 5.41) is 14.9. The van der Waals surface area contributed by atoms with Crippen molar-refractivity contribution >= 4 is 40.4 Å². The molecule has 1 amide bonds. The van der Waals surface area contributed by atoms with E-state index in [0.29, 0.717) is 6.54 Å². The molecule has 1 aromatic carbocycles. The van der Waals surface area contributed by atoms with Crippen LogP contribution >= 0.6 is 23.8 Å². The van der Waals surface area contributed by atoms with Gasteiger partial charge in [0, 0.05) is 13.0 Å². The van der Waals surface area contributed by atoms with Crippen molar-refractivity contribution in [2.75, 3.05) is 11.9 Å². The number of para-hydroxylation sites is 1. The number of hydrogen-bond donors (Lipinski definition) is 3. The summed E-state index contributed by atoms with van der Waals surface area (Å²) < 4.78 is 29.2. The quantitative estimate of drug-likeness (QED) is 0.730. The number of thiocarbonyl (C=S) groups is 1. The summed E-state index contributed by atoms with van der Waals surface area (Å²) in [4.78, 5) is 11.6. The molecular formula is C13H11ClF2N2O3S. The third-order valence-electron chi connectivity index (χ3n) is 2.81. The summed E-state index contributed by atoms with van der Waals surface area (Å²) in [6, 6.07) is 4.28. The second kappa shape index (κ2) is 6.89. The molecule has 0 unspecified atom stereocenters. The van der Waals surface area contributed by atoms with E-state index < -0.39 is 12.5 Å². The van der Waals surface area contributed by atoms with Gasteiger partial charge >= 0.3 is 6.61 Å². The van der Waals surface area contributed by atoms with Crippen molar-refractivity contribution in [3.63, 3.8) is 0 Å². The number of aliphatic hydroxyl groups is 1. The lowest BCUT2D eigenvalue weighted by atomic mass is 10.1. The minimum atomic E-state index is -3.07. The smallest absolute Gasteiger partial charge is 0.387 e. The summed E-state index contributed by atoms with van der Waals surface area (Å²) >= 11 is 10.9. The highest BCUT2D eigenvalue weighted by Crippen LogP contribution is 2.34. The maximum absolute atomic E-state index is 12.4. The Morgan fingerprint density at radius 2 is 2.23 bits per heavy atom. The molecule has 0 aliphatic carbocycles. The molecule has 1 heterocycles. The lowest BCUT2D eigenvalue weighted by molar-refractivity contribution is -0.117. The third-order valence-corrected chi connectivity index (χ3v) is 3.42. The van der Waals surface area contributed by atoms with Crippen LogP contribution in [-0.4, -0.2) is 29.2 Å². The number of halogens is 3. The van der Waals surface area contributed by atoms with Gasteiger partial charge in [0.05, 0.1) is 10.7 Å². The Hall–Kier alpha value is -1.93. The van der Waals surface area contributed by atoms with E-state index in [1.807, 2.05) is 0 Å². The van der Waals surface area contributed by atoms with Crippen molar-refractivity contribution in [1.82, 2.24) is 5.32 Å². The average Bonchev–Trinajstić information content (AvgIpc) is 2.42. The maximum atomic E-state index is 12.4. The predicted molar refractivity (Wildman–Crippen MR) is 81.6 cm³/mol. The first kappa shape index (κ1) is 16.4. The van der Waals surface area contributed by atoms with E-state index in [9.17, 15) is 18.7 Å². The van der Waals surface area contributed by atoms with E-state index >= 15 is 0 Å². The highest BCUT2D eigenvalue weighted by atomic mass is 35.5. The van der Waals surface area contributed by atoms with Gasteiger partial charge in [-0.15, -0.1) is 0 Å². The number of ether oxygens (including phenoxy) is 1. The van der Waals surface area contributed by atoms with Gasteiger partial charge in [0.2, 0.25) is 0 Å². The number of anilines is 1. The van der Waals surface area contributed by atoms with Crippen LogP contribution in [0.3, 0.4) is 0 Å². The molecule has 3 N–H and O–H groups in total. The average molecular weight is 349 g/mol. The molecule has 0 bridgehead atoms. The molecule has 5 nitrogen and oxygen atoms in total. The Labute approximate surface area is 134 Å². The fourth-order valence-corrected chi connectivity index (χ4v) is 2.41. The minimum absolute atomic E-state index is 0.0422. The number of benzene rings is 1. The zero-order chi connectivity index (χ0) is 16.3. The second-order valence-corrected chi connectivity index (χ2v) is 5.09. The molecule has 2 rings (SSSR count). The number of hydrogen-bond acceptors (Lipinski definition) is 4. The third kappa shape index (κ3) is 3.63. The van der Waals surface area contributed by atoms with Crippen LogP contribution in [0.25, 0.3) is 0 Å². The highest BCUT2D eigenvalue weighted by Gasteiger charge is 2.25. The van der Waals surface area contributed by atoms with Gasteiger partial charge < -0.3 is 20.5 Å². The Kier molecular flexibility index (Phi) is 5.15. The lowest BCUT2D eigenvalue weighted by Gasteiger charge is -2.19. The second-order valence-electron chi connectivity index (χ2n) is 4.28. The Bertz CT molecular complexity index is 652. The van der Waals surface area contributed by atoms with Gasteiger partial charge in [0.1, 0.15) is 16.3 Å². The summed E-state index contributed by atoms with van der Waals surface area (Å²) in [6.45, 7) is -2.77. The number of nitrogens with one attached hydrogen (secondary N) is 2. The first-order valence-corrected chi connectivity index (χ1v) is 6.93. The summed E-state index contributed by atoms with van der Waals surface area (Å²) in [5.41, 5.74) is -0.0410. The van der Waals surface area contributed by atoms with Crippen molar-refractivity contribution < 1.29 is 23.4 Å². The molecule has 0 saturated heterocycles. The molecular weight excluding hydrogens is 338 g/mol. The van der Waals surface area contributed by atoms with E-state index in [0.717, 1.165) is 0 Å². The summed E-state index contributed by atoms with van der Waals surface area (Å²) in [7, 11) is 0. The highest BCUT2D eigenvalue weighted by molar-refractivity contribution is 7.81.